The van der Waals surface area contributed by atoms with Crippen molar-refractivity contribution in [1.82, 2.24) is 19.6 Å². The molecule has 0 atom stereocenters. The van der Waals surface area contributed by atoms with Gasteiger partial charge in [-0.2, -0.15) is 10.2 Å². The Morgan fingerprint density at radius 3 is 2.58 bits per heavy atom. The third kappa shape index (κ3) is 3.34. The number of esters is 1. The second-order valence-corrected chi connectivity index (χ2v) is 5.62. The molecule has 0 saturated heterocycles. The lowest BCUT2D eigenvalue weighted by Crippen LogP contribution is -2.20. The van der Waals surface area contributed by atoms with Gasteiger partial charge in [-0.05, 0) is 32.0 Å². The molecule has 0 radical (unpaired) electrons. The summed E-state index contributed by atoms with van der Waals surface area (Å²) in [5.74, 6) is -0.694. The Hall–Kier alpha value is -3.42. The van der Waals surface area contributed by atoms with Crippen LogP contribution in [0.1, 0.15) is 33.5 Å². The summed E-state index contributed by atoms with van der Waals surface area (Å²) in [6.45, 7) is 3.74. The third-order valence-corrected chi connectivity index (χ3v) is 3.73. The van der Waals surface area contributed by atoms with E-state index < -0.39 is 11.9 Å². The number of benzene rings is 1. The largest absolute Gasteiger partial charge is 0.462 e. The number of anilines is 1. The third-order valence-electron chi connectivity index (χ3n) is 3.73. The van der Waals surface area contributed by atoms with Crippen molar-refractivity contribution in [3.8, 4) is 5.69 Å². The summed E-state index contributed by atoms with van der Waals surface area (Å²) < 4.78 is 8.05. The van der Waals surface area contributed by atoms with E-state index in [4.69, 9.17) is 4.74 Å². The number of carbonyl (C=O) groups excluding carboxylic acids is 2. The lowest BCUT2D eigenvalue weighted by molar-refractivity contribution is 0.0527. The van der Waals surface area contributed by atoms with Gasteiger partial charge in [0, 0.05) is 7.05 Å². The normalized spacial score (nSPS) is 10.6. The molecule has 0 aliphatic carbocycles. The van der Waals surface area contributed by atoms with Crippen molar-refractivity contribution in [2.24, 2.45) is 7.05 Å². The topological polar surface area (TPSA) is 91.0 Å². The zero-order valence-electron chi connectivity index (χ0n) is 14.8. The Morgan fingerprint density at radius 2 is 1.96 bits per heavy atom. The number of ether oxygens (including phenoxy) is 1. The van der Waals surface area contributed by atoms with E-state index in [2.05, 4.69) is 15.5 Å². The van der Waals surface area contributed by atoms with E-state index in [1.807, 2.05) is 30.3 Å². The van der Waals surface area contributed by atoms with Crippen molar-refractivity contribution in [3.05, 3.63) is 59.5 Å². The SMILES string of the molecule is CCOC(=O)c1cnn(-c2ccccc2)c1NC(=O)c1cc(C)nn1C. The fourth-order valence-electron chi connectivity index (χ4n) is 2.59. The van der Waals surface area contributed by atoms with Crippen molar-refractivity contribution in [3.63, 3.8) is 0 Å². The summed E-state index contributed by atoms with van der Waals surface area (Å²) in [6, 6.07) is 10.9. The highest BCUT2D eigenvalue weighted by Gasteiger charge is 2.23. The molecule has 0 spiro atoms. The summed E-state index contributed by atoms with van der Waals surface area (Å²) in [6.07, 6.45) is 1.38. The minimum Gasteiger partial charge on any atom is -0.462 e. The van der Waals surface area contributed by atoms with Gasteiger partial charge in [0.05, 0.1) is 24.2 Å². The van der Waals surface area contributed by atoms with Crippen LogP contribution in [0.5, 0.6) is 0 Å². The Balaban J connectivity index is 2.02. The van der Waals surface area contributed by atoms with E-state index in [1.165, 1.54) is 15.6 Å². The van der Waals surface area contributed by atoms with Gasteiger partial charge in [0.1, 0.15) is 11.3 Å². The van der Waals surface area contributed by atoms with Crippen LogP contribution in [-0.4, -0.2) is 38.0 Å². The average molecular weight is 353 g/mol. The van der Waals surface area contributed by atoms with E-state index in [-0.39, 0.29) is 18.0 Å². The predicted molar refractivity (Wildman–Crippen MR) is 95.4 cm³/mol. The molecule has 134 valence electrons. The fraction of sp³-hybridized carbons (Fsp3) is 0.222. The molecular formula is C18H19N5O3. The van der Waals surface area contributed by atoms with Crippen molar-refractivity contribution in [1.29, 1.82) is 0 Å². The van der Waals surface area contributed by atoms with Gasteiger partial charge in [-0.25, -0.2) is 9.48 Å². The first kappa shape index (κ1) is 17.4. The van der Waals surface area contributed by atoms with Gasteiger partial charge < -0.3 is 10.1 Å². The maximum Gasteiger partial charge on any atom is 0.343 e. The van der Waals surface area contributed by atoms with Crippen LogP contribution in [0, 0.1) is 6.92 Å². The number of rotatable bonds is 5. The summed E-state index contributed by atoms with van der Waals surface area (Å²) in [5, 5.41) is 11.2. The van der Waals surface area contributed by atoms with Crippen LogP contribution in [-0.2, 0) is 11.8 Å². The first-order valence-corrected chi connectivity index (χ1v) is 8.13. The van der Waals surface area contributed by atoms with Crippen molar-refractivity contribution >= 4 is 17.7 Å². The Morgan fingerprint density at radius 1 is 1.23 bits per heavy atom. The number of para-hydroxylation sites is 1. The fourth-order valence-corrected chi connectivity index (χ4v) is 2.59. The number of amides is 1. The van der Waals surface area contributed by atoms with Crippen LogP contribution in [0.25, 0.3) is 5.69 Å². The van der Waals surface area contributed by atoms with Gasteiger partial charge >= 0.3 is 5.97 Å². The van der Waals surface area contributed by atoms with Crippen LogP contribution in [0.2, 0.25) is 0 Å². The van der Waals surface area contributed by atoms with Crippen LogP contribution < -0.4 is 5.32 Å². The first-order valence-electron chi connectivity index (χ1n) is 8.13. The van der Waals surface area contributed by atoms with Crippen LogP contribution in [0.15, 0.2) is 42.6 Å². The second-order valence-electron chi connectivity index (χ2n) is 5.62. The van der Waals surface area contributed by atoms with E-state index >= 15 is 0 Å². The summed E-state index contributed by atoms with van der Waals surface area (Å²) in [7, 11) is 1.68. The number of nitrogens with one attached hydrogen (secondary N) is 1. The predicted octanol–water partition coefficient (Wildman–Crippen LogP) is 2.34. The van der Waals surface area contributed by atoms with E-state index in [0.29, 0.717) is 11.4 Å². The van der Waals surface area contributed by atoms with Crippen molar-refractivity contribution in [2.75, 3.05) is 11.9 Å². The molecule has 2 aromatic heterocycles. The highest BCUT2D eigenvalue weighted by molar-refractivity contribution is 6.06. The second kappa shape index (κ2) is 7.22. The summed E-state index contributed by atoms with van der Waals surface area (Å²) in [4.78, 5) is 25.0. The standard InChI is InChI=1S/C18H19N5O3/c1-4-26-18(25)14-11-19-23(13-8-6-5-7-9-13)16(14)20-17(24)15-10-12(2)21-22(15)3/h5-11H,4H2,1-3H3,(H,20,24). The molecule has 2 heterocycles. The Bertz CT molecular complexity index is 943. The highest BCUT2D eigenvalue weighted by atomic mass is 16.5. The molecule has 0 saturated carbocycles. The summed E-state index contributed by atoms with van der Waals surface area (Å²) >= 11 is 0. The minimum atomic E-state index is -0.550. The maximum absolute atomic E-state index is 12.7. The van der Waals surface area contributed by atoms with E-state index in [1.54, 1.807) is 27.0 Å². The number of aryl methyl sites for hydroxylation is 2. The van der Waals surface area contributed by atoms with Crippen LogP contribution >= 0.6 is 0 Å². The Kier molecular flexibility index (Phi) is 4.83. The number of aromatic nitrogens is 4. The molecule has 0 fully saturated rings. The van der Waals surface area contributed by atoms with Gasteiger partial charge in [0.25, 0.3) is 5.91 Å². The smallest absolute Gasteiger partial charge is 0.343 e. The minimum absolute atomic E-state index is 0.183. The highest BCUT2D eigenvalue weighted by Crippen LogP contribution is 2.22. The van der Waals surface area contributed by atoms with Gasteiger partial charge in [-0.3, -0.25) is 9.48 Å². The van der Waals surface area contributed by atoms with E-state index in [9.17, 15) is 9.59 Å². The zero-order valence-corrected chi connectivity index (χ0v) is 14.8. The number of carbonyl (C=O) groups is 2. The van der Waals surface area contributed by atoms with E-state index in [0.717, 1.165) is 5.69 Å². The number of nitrogens with zero attached hydrogens (tertiary/aromatic N) is 4. The lowest BCUT2D eigenvalue weighted by Gasteiger charge is -2.11. The molecule has 26 heavy (non-hydrogen) atoms. The van der Waals surface area contributed by atoms with Gasteiger partial charge in [-0.15, -0.1) is 0 Å². The van der Waals surface area contributed by atoms with Gasteiger partial charge in [0.2, 0.25) is 0 Å². The molecule has 3 aromatic rings. The summed E-state index contributed by atoms with van der Waals surface area (Å²) in [5.41, 5.74) is 1.99. The molecule has 8 heteroatoms. The molecule has 1 amide bonds. The monoisotopic (exact) mass is 353 g/mol. The number of hydrogen-bond acceptors (Lipinski definition) is 5. The Labute approximate surface area is 150 Å². The molecule has 1 aromatic carbocycles. The average Bonchev–Trinajstić information content (AvgIpc) is 3.18. The van der Waals surface area contributed by atoms with Crippen molar-refractivity contribution < 1.29 is 14.3 Å². The quantitative estimate of drug-likeness (QED) is 0.711. The molecule has 3 rings (SSSR count). The number of hydrogen-bond donors (Lipinski definition) is 1. The molecule has 1 N–H and O–H groups in total. The maximum atomic E-state index is 12.7. The van der Waals surface area contributed by atoms with Gasteiger partial charge in [0.15, 0.2) is 5.82 Å². The molecule has 0 unspecified atom stereocenters. The van der Waals surface area contributed by atoms with Gasteiger partial charge in [-0.1, -0.05) is 18.2 Å². The molecular weight excluding hydrogens is 334 g/mol. The van der Waals surface area contributed by atoms with Crippen LogP contribution in [0.3, 0.4) is 0 Å². The van der Waals surface area contributed by atoms with Crippen LogP contribution in [0.4, 0.5) is 5.82 Å². The zero-order chi connectivity index (χ0) is 18.7. The first-order chi connectivity index (χ1) is 12.5. The molecule has 8 nitrogen and oxygen atoms in total. The van der Waals surface area contributed by atoms with Crippen molar-refractivity contribution in [2.45, 2.75) is 13.8 Å². The lowest BCUT2D eigenvalue weighted by atomic mass is 10.3. The molecule has 0 bridgehead atoms. The molecule has 0 aliphatic rings. The molecule has 0 aliphatic heterocycles.